The molecule has 1 saturated heterocycles. The molecule has 2 aliphatic rings. The van der Waals surface area contributed by atoms with Gasteiger partial charge in [-0.05, 0) is 65.2 Å². The monoisotopic (exact) mass is 577 g/mol. The molecule has 0 radical (unpaired) electrons. The van der Waals surface area contributed by atoms with Crippen molar-refractivity contribution in [3.05, 3.63) is 40.4 Å². The summed E-state index contributed by atoms with van der Waals surface area (Å²) in [4.78, 5) is 11.0. The first-order valence-electron chi connectivity index (χ1n) is 13.0. The van der Waals surface area contributed by atoms with Gasteiger partial charge in [0.15, 0.2) is 5.82 Å². The van der Waals surface area contributed by atoms with Crippen molar-refractivity contribution in [2.45, 2.75) is 62.3 Å². The number of ether oxygens (including phenoxy) is 1. The molecule has 4 heterocycles. The van der Waals surface area contributed by atoms with Crippen molar-refractivity contribution in [2.24, 2.45) is 7.05 Å². The fourth-order valence-corrected chi connectivity index (χ4v) is 6.39. The van der Waals surface area contributed by atoms with Crippen molar-refractivity contribution in [3.8, 4) is 5.75 Å². The van der Waals surface area contributed by atoms with E-state index in [-0.39, 0.29) is 45.3 Å². The highest BCUT2D eigenvalue weighted by molar-refractivity contribution is 7.92. The van der Waals surface area contributed by atoms with Crippen LogP contribution in [0.5, 0.6) is 5.75 Å². The van der Waals surface area contributed by atoms with Crippen LogP contribution in [0.1, 0.15) is 50.7 Å². The summed E-state index contributed by atoms with van der Waals surface area (Å²) in [6.07, 6.45) is 5.28. The molecule has 0 aliphatic carbocycles. The number of aromatic nitrogens is 4. The maximum absolute atomic E-state index is 15.6. The van der Waals surface area contributed by atoms with Crippen LogP contribution in [0.3, 0.4) is 0 Å². The maximum Gasteiger partial charge on any atom is 0.229 e. The van der Waals surface area contributed by atoms with E-state index in [1.807, 2.05) is 6.92 Å². The van der Waals surface area contributed by atoms with Crippen LogP contribution in [-0.2, 0) is 23.3 Å². The molecule has 0 bridgehead atoms. The third kappa shape index (κ3) is 5.42. The summed E-state index contributed by atoms with van der Waals surface area (Å²) >= 11 is 6.36. The molecule has 13 heteroatoms. The number of sulfone groups is 1. The van der Waals surface area contributed by atoms with Crippen molar-refractivity contribution < 1.29 is 17.5 Å². The van der Waals surface area contributed by atoms with E-state index in [1.165, 1.54) is 16.9 Å². The van der Waals surface area contributed by atoms with Gasteiger partial charge in [0.2, 0.25) is 20.8 Å². The Morgan fingerprint density at radius 3 is 2.59 bits per heavy atom. The van der Waals surface area contributed by atoms with Crippen LogP contribution < -0.4 is 15.4 Å². The Morgan fingerprint density at radius 1 is 1.18 bits per heavy atom. The van der Waals surface area contributed by atoms with Gasteiger partial charge in [-0.3, -0.25) is 4.68 Å². The number of nitrogens with one attached hydrogen (secondary N) is 2. The highest BCUT2D eigenvalue weighted by Gasteiger charge is 2.33. The summed E-state index contributed by atoms with van der Waals surface area (Å²) in [7, 11) is 0.0463. The summed E-state index contributed by atoms with van der Waals surface area (Å²) < 4.78 is 48.8. The van der Waals surface area contributed by atoms with Gasteiger partial charge in [0.05, 0.1) is 22.8 Å². The lowest BCUT2D eigenvalue weighted by Crippen LogP contribution is -2.30. The van der Waals surface area contributed by atoms with Crippen LogP contribution in [0.15, 0.2) is 23.5 Å². The number of hydrogen-bond acceptors (Lipinski definition) is 9. The Bertz CT molecular complexity index is 1500. The van der Waals surface area contributed by atoms with Crippen molar-refractivity contribution >= 4 is 44.6 Å². The SMILES string of the molecule is CC1Cc2c(c(Nc3ncc(Cl)c(Nc4cn(C)nc4S(=O)(=O)C(C)C)n3)cc(F)c2C2CCN(C)CC2)O1. The number of hydrogen-bond donors (Lipinski definition) is 2. The van der Waals surface area contributed by atoms with Crippen LogP contribution in [-0.4, -0.2) is 64.6 Å². The second-order valence-corrected chi connectivity index (χ2v) is 13.4. The molecule has 210 valence electrons. The van der Waals surface area contributed by atoms with Gasteiger partial charge >= 0.3 is 0 Å². The number of anilines is 4. The zero-order valence-corrected chi connectivity index (χ0v) is 24.2. The van der Waals surface area contributed by atoms with Crippen molar-refractivity contribution in [1.29, 1.82) is 0 Å². The molecule has 3 aromatic rings. The molecule has 39 heavy (non-hydrogen) atoms. The number of benzene rings is 1. The Balaban J connectivity index is 1.46. The largest absolute Gasteiger partial charge is 0.488 e. The second kappa shape index (κ2) is 10.5. The minimum atomic E-state index is -3.67. The van der Waals surface area contributed by atoms with Gasteiger partial charge in [0.25, 0.3) is 0 Å². The van der Waals surface area contributed by atoms with Gasteiger partial charge in [-0.15, -0.1) is 0 Å². The number of rotatable bonds is 7. The first kappa shape index (κ1) is 27.6. The third-order valence-corrected chi connectivity index (χ3v) is 9.60. The predicted molar refractivity (Wildman–Crippen MR) is 149 cm³/mol. The van der Waals surface area contributed by atoms with E-state index >= 15 is 4.39 Å². The number of piperidine rings is 1. The number of fused-ring (bicyclic) bond motifs is 1. The molecule has 1 unspecified atom stereocenters. The fraction of sp³-hybridized carbons (Fsp3) is 0.500. The smallest absolute Gasteiger partial charge is 0.229 e. The molecule has 0 spiro atoms. The number of aryl methyl sites for hydroxylation is 1. The van der Waals surface area contributed by atoms with E-state index in [2.05, 4.69) is 37.6 Å². The molecule has 1 fully saturated rings. The van der Waals surface area contributed by atoms with Crippen LogP contribution >= 0.6 is 11.6 Å². The molecule has 1 atom stereocenters. The van der Waals surface area contributed by atoms with E-state index in [0.717, 1.165) is 37.1 Å². The molecule has 2 N–H and O–H groups in total. The number of halogens is 2. The lowest BCUT2D eigenvalue weighted by Gasteiger charge is -2.30. The van der Waals surface area contributed by atoms with E-state index in [9.17, 15) is 8.42 Å². The third-order valence-electron chi connectivity index (χ3n) is 7.24. The molecule has 10 nitrogen and oxygen atoms in total. The molecule has 0 amide bonds. The quantitative estimate of drug-likeness (QED) is 0.408. The van der Waals surface area contributed by atoms with Gasteiger partial charge in [-0.25, -0.2) is 17.8 Å². The number of nitrogens with zero attached hydrogens (tertiary/aromatic N) is 5. The average molecular weight is 578 g/mol. The van der Waals surface area contributed by atoms with Crippen LogP contribution in [0.25, 0.3) is 0 Å². The highest BCUT2D eigenvalue weighted by atomic mass is 35.5. The van der Waals surface area contributed by atoms with E-state index in [1.54, 1.807) is 27.1 Å². The minimum Gasteiger partial charge on any atom is -0.488 e. The summed E-state index contributed by atoms with van der Waals surface area (Å²) in [6, 6.07) is 1.45. The summed E-state index contributed by atoms with van der Waals surface area (Å²) in [5.41, 5.74) is 2.32. The zero-order chi connectivity index (χ0) is 28.1. The highest BCUT2D eigenvalue weighted by Crippen LogP contribution is 2.45. The second-order valence-electron chi connectivity index (χ2n) is 10.6. The average Bonchev–Trinajstić information content (AvgIpc) is 3.44. The van der Waals surface area contributed by atoms with E-state index in [0.29, 0.717) is 17.9 Å². The molecule has 1 aromatic carbocycles. The lowest BCUT2D eigenvalue weighted by molar-refractivity contribution is 0.252. The van der Waals surface area contributed by atoms with Crippen LogP contribution in [0.4, 0.5) is 27.5 Å². The summed E-state index contributed by atoms with van der Waals surface area (Å²) in [6.45, 7) is 7.01. The predicted octanol–water partition coefficient (Wildman–Crippen LogP) is 4.80. The zero-order valence-electron chi connectivity index (χ0n) is 22.6. The van der Waals surface area contributed by atoms with Gasteiger partial charge in [-0.2, -0.15) is 10.1 Å². The van der Waals surface area contributed by atoms with Crippen molar-refractivity contribution in [2.75, 3.05) is 30.8 Å². The molecule has 0 saturated carbocycles. The molecular formula is C26H33ClFN7O3S. The fourth-order valence-electron chi connectivity index (χ4n) is 5.15. The maximum atomic E-state index is 15.6. The summed E-state index contributed by atoms with van der Waals surface area (Å²) in [5, 5.41) is 9.61. The Hall–Kier alpha value is -2.96. The Labute approximate surface area is 232 Å². The molecule has 5 rings (SSSR count). The standard InChI is InChI=1S/C26H33ClFN7O3S/c1-14(2)39(36,37)25-21(13-35(5)33-25)30-24-18(27)12-29-26(32-24)31-20-11-19(28)22(16-6-8-34(4)9-7-16)17-10-15(3)38-23(17)20/h11-16H,6-10H2,1-5H3,(H2,29,30,31,32). The molecule has 2 aliphatic heterocycles. The van der Waals surface area contributed by atoms with Gasteiger partial charge in [-0.1, -0.05) is 11.6 Å². The normalized spacial score (nSPS) is 18.3. The summed E-state index contributed by atoms with van der Waals surface area (Å²) in [5.74, 6) is 0.821. The van der Waals surface area contributed by atoms with Crippen molar-refractivity contribution in [1.82, 2.24) is 24.6 Å². The first-order valence-corrected chi connectivity index (χ1v) is 14.9. The van der Waals surface area contributed by atoms with Gasteiger partial charge in [0, 0.05) is 31.3 Å². The minimum absolute atomic E-state index is 0.0809. The molecule has 2 aromatic heterocycles. The van der Waals surface area contributed by atoms with Gasteiger partial charge in [0.1, 0.15) is 22.7 Å². The van der Waals surface area contributed by atoms with Crippen molar-refractivity contribution in [3.63, 3.8) is 0 Å². The topological polar surface area (TPSA) is 114 Å². The van der Waals surface area contributed by atoms with Crippen LogP contribution in [0.2, 0.25) is 5.02 Å². The number of likely N-dealkylation sites (tertiary alicyclic amines) is 1. The van der Waals surface area contributed by atoms with E-state index < -0.39 is 15.1 Å². The Morgan fingerprint density at radius 2 is 1.90 bits per heavy atom. The first-order chi connectivity index (χ1) is 18.4. The van der Waals surface area contributed by atoms with Crippen LogP contribution in [0, 0.1) is 5.82 Å². The Kier molecular flexibility index (Phi) is 7.47. The molecular weight excluding hydrogens is 545 g/mol. The lowest BCUT2D eigenvalue weighted by atomic mass is 9.84. The van der Waals surface area contributed by atoms with Gasteiger partial charge < -0.3 is 20.3 Å². The van der Waals surface area contributed by atoms with E-state index in [4.69, 9.17) is 16.3 Å².